The summed E-state index contributed by atoms with van der Waals surface area (Å²) in [6, 6.07) is 0. The molecule has 0 saturated heterocycles. The molecular weight excluding hydrogens is 713 g/mol. The molecule has 2 unspecified atom stereocenters. The van der Waals surface area contributed by atoms with Crippen LogP contribution in [-0.4, -0.2) is 68.3 Å². The highest BCUT2D eigenvalue weighted by atomic mass is 31.2. The van der Waals surface area contributed by atoms with E-state index in [2.05, 4.69) is 98.9 Å². The van der Waals surface area contributed by atoms with Crippen molar-refractivity contribution in [1.82, 2.24) is 4.90 Å². The standard InChI is InChI=1S/C45H76NO8P/c1-5-7-9-11-13-15-17-19-21-22-24-26-28-30-32-34-36-38-45(48)54-43(42-53-55(49,50)52-40-39-46(3)4)41-51-44(47)37-35-33-31-29-27-25-23-20-18-16-14-12-10-8-6-2/h7-10,13-16,19-21,23-24,26,43H,5-6,11-12,17-18,22,25,27-42H2,1-4H3,(H,49,50)/b9-7-,10-8-,15-13-,16-14-,21-19-,23-20-,26-24-. The highest BCUT2D eigenvalue weighted by Gasteiger charge is 2.26. The maximum Gasteiger partial charge on any atom is 0.472 e. The molecule has 55 heavy (non-hydrogen) atoms. The van der Waals surface area contributed by atoms with Gasteiger partial charge in [-0.25, -0.2) is 4.57 Å². The smallest absolute Gasteiger partial charge is 0.462 e. The zero-order valence-corrected chi connectivity index (χ0v) is 35.7. The first-order valence-electron chi connectivity index (χ1n) is 20.9. The van der Waals surface area contributed by atoms with Gasteiger partial charge < -0.3 is 19.3 Å². The minimum absolute atomic E-state index is 0.00573. The first-order chi connectivity index (χ1) is 26.7. The van der Waals surface area contributed by atoms with Gasteiger partial charge in [0.25, 0.3) is 0 Å². The molecule has 0 heterocycles. The van der Waals surface area contributed by atoms with Gasteiger partial charge in [0.1, 0.15) is 6.61 Å². The number of carbonyl (C=O) groups excluding carboxylic acids is 2. The number of esters is 2. The first-order valence-corrected chi connectivity index (χ1v) is 22.4. The van der Waals surface area contributed by atoms with Crippen LogP contribution in [0.4, 0.5) is 0 Å². The lowest BCUT2D eigenvalue weighted by molar-refractivity contribution is -0.161. The van der Waals surface area contributed by atoms with Crippen molar-refractivity contribution in [3.63, 3.8) is 0 Å². The molecule has 0 fully saturated rings. The van der Waals surface area contributed by atoms with Crippen LogP contribution in [0, 0.1) is 0 Å². The number of unbranched alkanes of at least 4 members (excludes halogenated alkanes) is 9. The predicted octanol–water partition coefficient (Wildman–Crippen LogP) is 11.9. The number of nitrogens with zero attached hydrogens (tertiary/aromatic N) is 1. The summed E-state index contributed by atoms with van der Waals surface area (Å²) in [7, 11) is -0.746. The number of phosphoric ester groups is 1. The molecular formula is C45H76NO8P. The topological polar surface area (TPSA) is 112 Å². The van der Waals surface area contributed by atoms with Crippen LogP contribution >= 0.6 is 7.82 Å². The molecule has 0 amide bonds. The van der Waals surface area contributed by atoms with Crippen molar-refractivity contribution in [3.05, 3.63) is 85.1 Å². The van der Waals surface area contributed by atoms with E-state index in [1.807, 2.05) is 14.1 Å². The number of carbonyl (C=O) groups is 2. The molecule has 0 rings (SSSR count). The van der Waals surface area contributed by atoms with E-state index >= 15 is 0 Å². The van der Waals surface area contributed by atoms with Crippen molar-refractivity contribution in [3.8, 4) is 0 Å². The summed E-state index contributed by atoms with van der Waals surface area (Å²) >= 11 is 0. The van der Waals surface area contributed by atoms with Gasteiger partial charge in [-0.05, 0) is 97.6 Å². The van der Waals surface area contributed by atoms with Crippen LogP contribution in [0.1, 0.15) is 142 Å². The fourth-order valence-corrected chi connectivity index (χ4v) is 5.79. The molecule has 0 aliphatic carbocycles. The molecule has 9 nitrogen and oxygen atoms in total. The van der Waals surface area contributed by atoms with Crippen molar-refractivity contribution in [2.75, 3.05) is 40.5 Å². The Labute approximate surface area is 335 Å². The molecule has 0 bridgehead atoms. The summed E-state index contributed by atoms with van der Waals surface area (Å²) in [5.74, 6) is -0.860. The van der Waals surface area contributed by atoms with Gasteiger partial charge in [0.2, 0.25) is 0 Å². The fraction of sp³-hybridized carbons (Fsp3) is 0.644. The van der Waals surface area contributed by atoms with Crippen LogP contribution < -0.4 is 0 Å². The van der Waals surface area contributed by atoms with Gasteiger partial charge in [0.05, 0.1) is 13.2 Å². The van der Waals surface area contributed by atoms with E-state index in [4.69, 9.17) is 18.5 Å². The van der Waals surface area contributed by atoms with Gasteiger partial charge >= 0.3 is 19.8 Å². The minimum atomic E-state index is -4.38. The molecule has 0 aromatic carbocycles. The molecule has 10 heteroatoms. The molecule has 0 saturated carbocycles. The van der Waals surface area contributed by atoms with Gasteiger partial charge in [-0.2, -0.15) is 0 Å². The lowest BCUT2D eigenvalue weighted by atomic mass is 10.1. The van der Waals surface area contributed by atoms with E-state index in [-0.39, 0.29) is 26.1 Å². The number of ether oxygens (including phenoxy) is 2. The predicted molar refractivity (Wildman–Crippen MR) is 229 cm³/mol. The zero-order valence-electron chi connectivity index (χ0n) is 34.8. The van der Waals surface area contributed by atoms with Crippen molar-refractivity contribution >= 4 is 19.8 Å². The average Bonchev–Trinajstić information content (AvgIpc) is 3.15. The van der Waals surface area contributed by atoms with Gasteiger partial charge in [0, 0.05) is 19.4 Å². The highest BCUT2D eigenvalue weighted by molar-refractivity contribution is 7.47. The SMILES string of the molecule is CC/C=C\C/C=C\C/C=C\C/C=C\CCCCCCC(=O)OC(COC(=O)CCCCCCC/C=C\C/C=C\C/C=C\CC)COP(=O)(O)OCCN(C)C. The Bertz CT molecular complexity index is 1190. The molecule has 1 N–H and O–H groups in total. The van der Waals surface area contributed by atoms with Gasteiger partial charge in [-0.1, -0.05) is 131 Å². The molecule has 2 atom stereocenters. The number of rotatable bonds is 37. The van der Waals surface area contributed by atoms with Crippen LogP contribution in [-0.2, 0) is 32.7 Å². The Balaban J connectivity index is 4.41. The number of hydrogen-bond donors (Lipinski definition) is 1. The zero-order chi connectivity index (χ0) is 40.5. The third-order valence-corrected chi connectivity index (χ3v) is 9.18. The van der Waals surface area contributed by atoms with E-state index in [1.54, 1.807) is 4.90 Å². The van der Waals surface area contributed by atoms with E-state index in [0.29, 0.717) is 19.4 Å². The van der Waals surface area contributed by atoms with Crippen molar-refractivity contribution in [2.24, 2.45) is 0 Å². The van der Waals surface area contributed by atoms with Gasteiger partial charge in [-0.3, -0.25) is 18.6 Å². The second-order valence-corrected chi connectivity index (χ2v) is 15.2. The molecule has 0 aliphatic heterocycles. The van der Waals surface area contributed by atoms with Crippen LogP contribution in [0.25, 0.3) is 0 Å². The van der Waals surface area contributed by atoms with E-state index in [9.17, 15) is 19.0 Å². The Morgan fingerprint density at radius 1 is 0.564 bits per heavy atom. The van der Waals surface area contributed by atoms with Crippen LogP contribution in [0.2, 0.25) is 0 Å². The Kier molecular flexibility index (Phi) is 37.4. The van der Waals surface area contributed by atoms with Gasteiger partial charge in [-0.15, -0.1) is 0 Å². The molecule has 0 radical (unpaired) electrons. The molecule has 0 aliphatic rings. The monoisotopic (exact) mass is 790 g/mol. The Morgan fingerprint density at radius 2 is 0.982 bits per heavy atom. The average molecular weight is 790 g/mol. The molecule has 0 aromatic heterocycles. The molecule has 0 spiro atoms. The van der Waals surface area contributed by atoms with Crippen molar-refractivity contribution in [1.29, 1.82) is 0 Å². The lowest BCUT2D eigenvalue weighted by Gasteiger charge is -2.20. The number of likely N-dealkylation sites (N-methyl/N-ethyl adjacent to an activating group) is 1. The highest BCUT2D eigenvalue weighted by Crippen LogP contribution is 2.43. The van der Waals surface area contributed by atoms with E-state index in [0.717, 1.165) is 103 Å². The summed E-state index contributed by atoms with van der Waals surface area (Å²) in [5.41, 5.74) is 0. The van der Waals surface area contributed by atoms with Crippen molar-refractivity contribution < 1.29 is 37.6 Å². The number of phosphoric acid groups is 1. The second kappa shape index (κ2) is 39.4. The van der Waals surface area contributed by atoms with E-state index < -0.39 is 32.5 Å². The third-order valence-electron chi connectivity index (χ3n) is 8.20. The van der Waals surface area contributed by atoms with Crippen LogP contribution in [0.5, 0.6) is 0 Å². The lowest BCUT2D eigenvalue weighted by Crippen LogP contribution is -2.29. The molecule has 0 aromatic rings. The fourth-order valence-electron chi connectivity index (χ4n) is 5.04. The third kappa shape index (κ3) is 40.7. The number of hydrogen-bond acceptors (Lipinski definition) is 8. The Hall–Kier alpha value is -2.81. The quantitative estimate of drug-likeness (QED) is 0.0284. The minimum Gasteiger partial charge on any atom is -0.462 e. The largest absolute Gasteiger partial charge is 0.472 e. The summed E-state index contributed by atoms with van der Waals surface area (Å²) in [4.78, 5) is 37.0. The van der Waals surface area contributed by atoms with Crippen LogP contribution in [0.3, 0.4) is 0 Å². The Morgan fingerprint density at radius 3 is 1.45 bits per heavy atom. The van der Waals surface area contributed by atoms with Crippen molar-refractivity contribution in [2.45, 2.75) is 148 Å². The first kappa shape index (κ1) is 52.2. The summed E-state index contributed by atoms with van der Waals surface area (Å²) in [6.45, 7) is 4.02. The molecule has 314 valence electrons. The normalized spacial score (nSPS) is 14.3. The maximum absolute atomic E-state index is 12.6. The second-order valence-electron chi connectivity index (χ2n) is 13.7. The van der Waals surface area contributed by atoms with E-state index in [1.165, 1.54) is 0 Å². The summed E-state index contributed by atoms with van der Waals surface area (Å²) < 4.78 is 33.4. The van der Waals surface area contributed by atoms with Crippen LogP contribution in [0.15, 0.2) is 85.1 Å². The summed E-state index contributed by atoms with van der Waals surface area (Å²) in [5, 5.41) is 0. The summed E-state index contributed by atoms with van der Waals surface area (Å²) in [6.07, 6.45) is 47.7. The maximum atomic E-state index is 12.6. The number of allylic oxidation sites excluding steroid dienone is 14. The van der Waals surface area contributed by atoms with Gasteiger partial charge in [0.15, 0.2) is 6.10 Å².